The zero-order valence-corrected chi connectivity index (χ0v) is 14.1. The fourth-order valence-electron chi connectivity index (χ4n) is 2.46. The summed E-state index contributed by atoms with van der Waals surface area (Å²) in [6.07, 6.45) is 0.0582. The first-order chi connectivity index (χ1) is 12.0. The second-order valence-corrected chi connectivity index (χ2v) is 5.44. The Kier molecular flexibility index (Phi) is 6.51. The van der Waals surface area contributed by atoms with Gasteiger partial charge in [0.15, 0.2) is 0 Å². The summed E-state index contributed by atoms with van der Waals surface area (Å²) in [5, 5.41) is 2.80. The van der Waals surface area contributed by atoms with Crippen LogP contribution >= 0.6 is 0 Å². The molecule has 2 aromatic rings. The van der Waals surface area contributed by atoms with Gasteiger partial charge in [-0.05, 0) is 23.8 Å². The van der Waals surface area contributed by atoms with Crippen molar-refractivity contribution in [3.8, 4) is 5.75 Å². The number of para-hydroxylation sites is 1. The smallest absolute Gasteiger partial charge is 0.307 e. The highest BCUT2D eigenvalue weighted by molar-refractivity contribution is 5.80. The first kappa shape index (κ1) is 18.4. The molecule has 0 bridgehead atoms. The molecule has 5 nitrogen and oxygen atoms in total. The third kappa shape index (κ3) is 5.31. The molecule has 0 fully saturated rings. The number of nitrogens with one attached hydrogen (secondary N) is 1. The van der Waals surface area contributed by atoms with Crippen LogP contribution in [0.2, 0.25) is 0 Å². The molecule has 0 spiro atoms. The van der Waals surface area contributed by atoms with Gasteiger partial charge in [0.25, 0.3) is 0 Å². The number of methoxy groups -OCH3 is 2. The molecule has 2 rings (SSSR count). The lowest BCUT2D eigenvalue weighted by atomic mass is 10.0. The highest BCUT2D eigenvalue weighted by atomic mass is 19.1. The maximum atomic E-state index is 13.1. The summed E-state index contributed by atoms with van der Waals surface area (Å²) in [5.41, 5.74) is 1.36. The van der Waals surface area contributed by atoms with Gasteiger partial charge in [0.2, 0.25) is 5.91 Å². The van der Waals surface area contributed by atoms with Crippen LogP contribution in [0.5, 0.6) is 5.75 Å². The standard InChI is InChI=1S/C19H20FNO4/c1-24-17-6-4-3-5-14(17)11-18(22)21-16(12-19(23)25-2)13-7-9-15(20)10-8-13/h3-10,16H,11-12H2,1-2H3,(H,21,22)/t16-/m0/s1. The number of amides is 1. The third-order valence-corrected chi connectivity index (χ3v) is 3.75. The maximum absolute atomic E-state index is 13.1. The average molecular weight is 345 g/mol. The highest BCUT2D eigenvalue weighted by Crippen LogP contribution is 2.21. The van der Waals surface area contributed by atoms with Crippen molar-refractivity contribution in [2.24, 2.45) is 0 Å². The van der Waals surface area contributed by atoms with Gasteiger partial charge < -0.3 is 14.8 Å². The predicted octanol–water partition coefficient (Wildman–Crippen LogP) is 2.80. The number of benzene rings is 2. The van der Waals surface area contributed by atoms with E-state index in [0.717, 1.165) is 5.56 Å². The number of carbonyl (C=O) groups excluding carboxylic acids is 2. The quantitative estimate of drug-likeness (QED) is 0.784. The Morgan fingerprint density at radius 2 is 1.76 bits per heavy atom. The van der Waals surface area contributed by atoms with Gasteiger partial charge in [-0.25, -0.2) is 4.39 Å². The zero-order chi connectivity index (χ0) is 18.2. The summed E-state index contributed by atoms with van der Waals surface area (Å²) in [4.78, 5) is 24.0. The molecule has 0 aliphatic heterocycles. The lowest BCUT2D eigenvalue weighted by molar-refractivity contribution is -0.141. The van der Waals surface area contributed by atoms with Crippen LogP contribution in [0, 0.1) is 5.82 Å². The van der Waals surface area contributed by atoms with Crippen LogP contribution in [0.15, 0.2) is 48.5 Å². The molecule has 0 heterocycles. The molecule has 0 aromatic heterocycles. The van der Waals surface area contributed by atoms with Crippen LogP contribution in [0.1, 0.15) is 23.6 Å². The van der Waals surface area contributed by atoms with Crippen molar-refractivity contribution in [2.45, 2.75) is 18.9 Å². The summed E-state index contributed by atoms with van der Waals surface area (Å²) in [6, 6.07) is 12.2. The normalized spacial score (nSPS) is 11.5. The van der Waals surface area contributed by atoms with Gasteiger partial charge in [-0.1, -0.05) is 30.3 Å². The minimum atomic E-state index is -0.602. The molecule has 132 valence electrons. The summed E-state index contributed by atoms with van der Waals surface area (Å²) < 4.78 is 23.0. The fourth-order valence-corrected chi connectivity index (χ4v) is 2.46. The van der Waals surface area contributed by atoms with Gasteiger partial charge in [-0.2, -0.15) is 0 Å². The Hall–Kier alpha value is -2.89. The van der Waals surface area contributed by atoms with Crippen LogP contribution in [0.25, 0.3) is 0 Å². The van der Waals surface area contributed by atoms with Gasteiger partial charge in [-0.3, -0.25) is 9.59 Å². The molecule has 1 amide bonds. The second kappa shape index (κ2) is 8.82. The number of esters is 1. The van der Waals surface area contributed by atoms with Crippen LogP contribution < -0.4 is 10.1 Å². The van der Waals surface area contributed by atoms with Crippen molar-refractivity contribution in [2.75, 3.05) is 14.2 Å². The van der Waals surface area contributed by atoms with Crippen molar-refractivity contribution in [3.05, 3.63) is 65.5 Å². The summed E-state index contributed by atoms with van der Waals surface area (Å²) >= 11 is 0. The number of hydrogen-bond donors (Lipinski definition) is 1. The molecule has 1 atom stereocenters. The van der Waals surface area contributed by atoms with Crippen LogP contribution in [0.3, 0.4) is 0 Å². The van der Waals surface area contributed by atoms with Crippen molar-refractivity contribution in [1.29, 1.82) is 0 Å². The van der Waals surface area contributed by atoms with E-state index >= 15 is 0 Å². The van der Waals surface area contributed by atoms with Crippen LogP contribution in [-0.4, -0.2) is 26.1 Å². The van der Waals surface area contributed by atoms with Crippen molar-refractivity contribution < 1.29 is 23.5 Å². The Labute approximate surface area is 145 Å². The van der Waals surface area contributed by atoms with Crippen LogP contribution in [-0.2, 0) is 20.7 Å². The van der Waals surface area contributed by atoms with Gasteiger partial charge in [-0.15, -0.1) is 0 Å². The van der Waals surface area contributed by atoms with Crippen LogP contribution in [0.4, 0.5) is 4.39 Å². The predicted molar refractivity (Wildman–Crippen MR) is 90.6 cm³/mol. The van der Waals surface area contributed by atoms with E-state index in [1.165, 1.54) is 38.5 Å². The topological polar surface area (TPSA) is 64.6 Å². The first-order valence-corrected chi connectivity index (χ1v) is 7.77. The van der Waals surface area contributed by atoms with E-state index in [-0.39, 0.29) is 24.6 Å². The van der Waals surface area contributed by atoms with Gasteiger partial charge >= 0.3 is 5.97 Å². The molecule has 1 N–H and O–H groups in total. The molecule has 25 heavy (non-hydrogen) atoms. The lowest BCUT2D eigenvalue weighted by Crippen LogP contribution is -2.31. The fraction of sp³-hybridized carbons (Fsp3) is 0.263. The zero-order valence-electron chi connectivity index (χ0n) is 14.1. The number of carbonyl (C=O) groups is 2. The number of rotatable bonds is 7. The van der Waals surface area contributed by atoms with Crippen molar-refractivity contribution in [1.82, 2.24) is 5.32 Å². The maximum Gasteiger partial charge on any atom is 0.307 e. The van der Waals surface area contributed by atoms with Gasteiger partial charge in [0.05, 0.1) is 33.1 Å². The van der Waals surface area contributed by atoms with E-state index in [4.69, 9.17) is 4.74 Å². The number of halogens is 1. The van der Waals surface area contributed by atoms with Gasteiger partial charge in [0, 0.05) is 5.56 Å². The molecule has 2 aromatic carbocycles. The Balaban J connectivity index is 2.13. The van der Waals surface area contributed by atoms with Gasteiger partial charge in [0.1, 0.15) is 11.6 Å². The lowest BCUT2D eigenvalue weighted by Gasteiger charge is -2.19. The van der Waals surface area contributed by atoms with E-state index in [1.807, 2.05) is 12.1 Å². The number of hydrogen-bond acceptors (Lipinski definition) is 4. The Morgan fingerprint density at radius 3 is 2.40 bits per heavy atom. The highest BCUT2D eigenvalue weighted by Gasteiger charge is 2.20. The molecule has 0 unspecified atom stereocenters. The summed E-state index contributed by atoms with van der Waals surface area (Å²) in [5.74, 6) is -0.514. The first-order valence-electron chi connectivity index (χ1n) is 7.77. The van der Waals surface area contributed by atoms with E-state index in [2.05, 4.69) is 10.1 Å². The monoisotopic (exact) mass is 345 g/mol. The van der Waals surface area contributed by atoms with E-state index in [1.54, 1.807) is 12.1 Å². The molecule has 6 heteroatoms. The molecular weight excluding hydrogens is 325 g/mol. The van der Waals surface area contributed by atoms with E-state index in [9.17, 15) is 14.0 Å². The minimum Gasteiger partial charge on any atom is -0.496 e. The molecule has 0 saturated heterocycles. The molecule has 0 radical (unpaired) electrons. The summed E-state index contributed by atoms with van der Waals surface area (Å²) in [7, 11) is 2.82. The molecular formula is C19H20FNO4. The second-order valence-electron chi connectivity index (χ2n) is 5.44. The minimum absolute atomic E-state index is 0.0419. The van der Waals surface area contributed by atoms with E-state index < -0.39 is 12.0 Å². The molecule has 0 saturated carbocycles. The summed E-state index contributed by atoms with van der Waals surface area (Å²) in [6.45, 7) is 0. The van der Waals surface area contributed by atoms with Crippen molar-refractivity contribution in [3.63, 3.8) is 0 Å². The Bertz CT molecular complexity index is 730. The molecule has 0 aliphatic carbocycles. The Morgan fingerprint density at radius 1 is 1.08 bits per heavy atom. The molecule has 0 aliphatic rings. The number of ether oxygens (including phenoxy) is 2. The largest absolute Gasteiger partial charge is 0.496 e. The third-order valence-electron chi connectivity index (χ3n) is 3.75. The average Bonchev–Trinajstić information content (AvgIpc) is 2.62. The van der Waals surface area contributed by atoms with E-state index in [0.29, 0.717) is 11.3 Å². The van der Waals surface area contributed by atoms with Crippen molar-refractivity contribution >= 4 is 11.9 Å². The SMILES string of the molecule is COC(=O)C[C@H](NC(=O)Cc1ccccc1OC)c1ccc(F)cc1.